The molecule has 18 heavy (non-hydrogen) atoms. The molecule has 0 aliphatic heterocycles. The van der Waals surface area contributed by atoms with Gasteiger partial charge in [0.25, 0.3) is 0 Å². The lowest BCUT2D eigenvalue weighted by atomic mass is 9.68. The zero-order chi connectivity index (χ0) is 12.3. The summed E-state index contributed by atoms with van der Waals surface area (Å²) in [6.45, 7) is 0. The van der Waals surface area contributed by atoms with E-state index in [1.54, 1.807) is 0 Å². The third-order valence-electron chi connectivity index (χ3n) is 4.67. The van der Waals surface area contributed by atoms with Crippen LogP contribution in [-0.4, -0.2) is 9.97 Å². The van der Waals surface area contributed by atoms with Crippen molar-refractivity contribution in [2.45, 2.75) is 37.5 Å². The molecule has 4 nitrogen and oxygen atoms in total. The molecule has 1 saturated carbocycles. The molecule has 0 radical (unpaired) electrons. The molecule has 0 saturated heterocycles. The first kappa shape index (κ1) is 10.1. The first-order valence-corrected chi connectivity index (χ1v) is 6.69. The second-order valence-corrected chi connectivity index (χ2v) is 5.67. The van der Waals surface area contributed by atoms with Gasteiger partial charge in [-0.05, 0) is 36.1 Å². The third kappa shape index (κ3) is 1.06. The number of anilines is 2. The highest BCUT2D eigenvalue weighted by atomic mass is 14.9. The minimum Gasteiger partial charge on any atom is -0.385 e. The molecule has 2 aromatic rings. The fourth-order valence-electron chi connectivity index (χ4n) is 3.94. The summed E-state index contributed by atoms with van der Waals surface area (Å²) in [4.78, 5) is 6.58. The molecule has 4 rings (SSSR count). The summed E-state index contributed by atoms with van der Waals surface area (Å²) in [7, 11) is 0. The lowest BCUT2D eigenvalue weighted by molar-refractivity contribution is 0.353. The Morgan fingerprint density at radius 3 is 1.83 bits per heavy atom. The monoisotopic (exact) mass is 242 g/mol. The molecule has 0 unspecified atom stereocenters. The Morgan fingerprint density at radius 2 is 1.33 bits per heavy atom. The fraction of sp³-hybridized carbons (Fsp3) is 0.429. The SMILES string of the molecule is Nc1cc2c([nH]1)-c1[nH]c(N)cc1C21CCCCC1. The highest BCUT2D eigenvalue weighted by Gasteiger charge is 2.46. The number of H-pyrrole nitrogens is 2. The van der Waals surface area contributed by atoms with Gasteiger partial charge in [0.15, 0.2) is 0 Å². The minimum absolute atomic E-state index is 0.158. The van der Waals surface area contributed by atoms with E-state index in [1.165, 1.54) is 43.2 Å². The quantitative estimate of drug-likeness (QED) is 0.572. The van der Waals surface area contributed by atoms with Gasteiger partial charge in [-0.1, -0.05) is 19.3 Å². The summed E-state index contributed by atoms with van der Waals surface area (Å²) in [6, 6.07) is 4.23. The van der Waals surface area contributed by atoms with Crippen LogP contribution in [0.15, 0.2) is 12.1 Å². The Labute approximate surface area is 106 Å². The van der Waals surface area contributed by atoms with Crippen LogP contribution in [0.1, 0.15) is 43.2 Å². The lowest BCUT2D eigenvalue weighted by Crippen LogP contribution is -2.27. The highest BCUT2D eigenvalue weighted by molar-refractivity contribution is 5.80. The van der Waals surface area contributed by atoms with Crippen LogP contribution < -0.4 is 11.5 Å². The Balaban J connectivity index is 2.01. The van der Waals surface area contributed by atoms with E-state index < -0.39 is 0 Å². The molecule has 6 N–H and O–H groups in total. The number of nitrogens with one attached hydrogen (secondary N) is 2. The fourth-order valence-corrected chi connectivity index (χ4v) is 3.94. The zero-order valence-corrected chi connectivity index (χ0v) is 10.3. The van der Waals surface area contributed by atoms with Gasteiger partial charge in [0, 0.05) is 5.41 Å². The van der Waals surface area contributed by atoms with Gasteiger partial charge >= 0.3 is 0 Å². The van der Waals surface area contributed by atoms with Gasteiger partial charge < -0.3 is 21.4 Å². The molecule has 1 fully saturated rings. The smallest absolute Gasteiger partial charge is 0.101 e. The second kappa shape index (κ2) is 3.13. The maximum absolute atomic E-state index is 5.94. The van der Waals surface area contributed by atoms with Crippen molar-refractivity contribution in [2.75, 3.05) is 11.5 Å². The molecule has 2 aliphatic carbocycles. The Morgan fingerprint density at radius 1 is 0.833 bits per heavy atom. The maximum atomic E-state index is 5.94. The normalized spacial score (nSPS) is 20.0. The van der Waals surface area contributed by atoms with Crippen LogP contribution in [0.5, 0.6) is 0 Å². The summed E-state index contributed by atoms with van der Waals surface area (Å²) >= 11 is 0. The Kier molecular flexibility index (Phi) is 1.76. The average molecular weight is 242 g/mol. The highest BCUT2D eigenvalue weighted by Crippen LogP contribution is 2.56. The van der Waals surface area contributed by atoms with E-state index >= 15 is 0 Å². The van der Waals surface area contributed by atoms with Crippen molar-refractivity contribution in [3.63, 3.8) is 0 Å². The van der Waals surface area contributed by atoms with Crippen molar-refractivity contribution in [1.82, 2.24) is 9.97 Å². The number of aromatic amines is 2. The van der Waals surface area contributed by atoms with E-state index in [4.69, 9.17) is 11.5 Å². The predicted octanol–water partition coefficient (Wildman–Crippen LogP) is 2.74. The summed E-state index contributed by atoms with van der Waals surface area (Å²) in [6.07, 6.45) is 6.33. The second-order valence-electron chi connectivity index (χ2n) is 5.67. The molecule has 94 valence electrons. The van der Waals surface area contributed by atoms with Gasteiger partial charge in [-0.25, -0.2) is 0 Å². The number of hydrogen-bond donors (Lipinski definition) is 4. The van der Waals surface area contributed by atoms with Gasteiger partial charge in [-0.3, -0.25) is 0 Å². The van der Waals surface area contributed by atoms with Crippen LogP contribution >= 0.6 is 0 Å². The standard InChI is InChI=1S/C14H18N4/c15-10-6-8-12(17-10)13-9(7-11(16)18-13)14(8)4-2-1-3-5-14/h6-7,17-18H,1-5,15-16H2. The number of hydrogen-bond acceptors (Lipinski definition) is 2. The Hall–Kier alpha value is -1.84. The molecular weight excluding hydrogens is 224 g/mol. The van der Waals surface area contributed by atoms with Crippen LogP contribution in [-0.2, 0) is 5.41 Å². The Bertz CT molecular complexity index is 566. The van der Waals surface area contributed by atoms with Crippen LogP contribution in [0.3, 0.4) is 0 Å². The summed E-state index contributed by atoms with van der Waals surface area (Å²) in [5.74, 6) is 1.51. The van der Waals surface area contributed by atoms with Crippen molar-refractivity contribution in [2.24, 2.45) is 0 Å². The molecule has 0 aromatic carbocycles. The molecule has 0 atom stereocenters. The van der Waals surface area contributed by atoms with Crippen LogP contribution in [0.25, 0.3) is 11.4 Å². The lowest BCUT2D eigenvalue weighted by Gasteiger charge is -2.34. The summed E-state index contributed by atoms with van der Waals surface area (Å²) in [5, 5.41) is 0. The zero-order valence-electron chi connectivity index (χ0n) is 10.3. The van der Waals surface area contributed by atoms with Crippen molar-refractivity contribution in [3.05, 3.63) is 23.3 Å². The molecule has 2 aromatic heterocycles. The number of nitrogens with two attached hydrogens (primary N) is 2. The van der Waals surface area contributed by atoms with Crippen molar-refractivity contribution in [3.8, 4) is 11.4 Å². The molecule has 0 amide bonds. The predicted molar refractivity (Wildman–Crippen MR) is 73.3 cm³/mol. The minimum atomic E-state index is 0.158. The summed E-state index contributed by atoms with van der Waals surface area (Å²) in [5.41, 5.74) is 17.1. The molecular formula is C14H18N4. The first-order chi connectivity index (χ1) is 8.71. The van der Waals surface area contributed by atoms with Crippen LogP contribution in [0, 0.1) is 0 Å². The molecule has 4 heteroatoms. The van der Waals surface area contributed by atoms with Gasteiger partial charge in [0.05, 0.1) is 11.4 Å². The van der Waals surface area contributed by atoms with Crippen LogP contribution in [0.4, 0.5) is 11.6 Å². The number of nitrogen functional groups attached to an aromatic ring is 2. The number of rotatable bonds is 0. The van der Waals surface area contributed by atoms with E-state index in [0.717, 1.165) is 23.0 Å². The van der Waals surface area contributed by atoms with Gasteiger partial charge in [0.1, 0.15) is 11.6 Å². The molecule has 2 aliphatic rings. The van der Waals surface area contributed by atoms with E-state index in [1.807, 2.05) is 0 Å². The first-order valence-electron chi connectivity index (χ1n) is 6.69. The third-order valence-corrected chi connectivity index (χ3v) is 4.67. The largest absolute Gasteiger partial charge is 0.385 e. The van der Waals surface area contributed by atoms with E-state index in [9.17, 15) is 0 Å². The molecule has 1 spiro atoms. The average Bonchev–Trinajstić information content (AvgIpc) is 2.97. The van der Waals surface area contributed by atoms with Crippen molar-refractivity contribution < 1.29 is 0 Å². The maximum Gasteiger partial charge on any atom is 0.101 e. The van der Waals surface area contributed by atoms with E-state index in [2.05, 4.69) is 22.1 Å². The van der Waals surface area contributed by atoms with Gasteiger partial charge in [0.2, 0.25) is 0 Å². The summed E-state index contributed by atoms with van der Waals surface area (Å²) < 4.78 is 0. The molecule has 0 bridgehead atoms. The molecule has 2 heterocycles. The van der Waals surface area contributed by atoms with Crippen molar-refractivity contribution >= 4 is 11.6 Å². The van der Waals surface area contributed by atoms with Crippen LogP contribution in [0.2, 0.25) is 0 Å². The van der Waals surface area contributed by atoms with E-state index in [0.29, 0.717) is 0 Å². The topological polar surface area (TPSA) is 83.6 Å². The van der Waals surface area contributed by atoms with Gasteiger partial charge in [-0.2, -0.15) is 0 Å². The number of aromatic nitrogens is 2. The number of fused-ring (bicyclic) bond motifs is 5. The van der Waals surface area contributed by atoms with Crippen molar-refractivity contribution in [1.29, 1.82) is 0 Å². The van der Waals surface area contributed by atoms with Gasteiger partial charge in [-0.15, -0.1) is 0 Å². The van der Waals surface area contributed by atoms with E-state index in [-0.39, 0.29) is 5.41 Å².